The van der Waals surface area contributed by atoms with Gasteiger partial charge in [0.2, 0.25) is 0 Å². The average Bonchev–Trinajstić information content (AvgIpc) is 3.25. The number of fused-ring (bicyclic) bond motifs is 1. The first kappa shape index (κ1) is 22.0. The van der Waals surface area contributed by atoms with Crippen LogP contribution in [0.3, 0.4) is 0 Å². The molecule has 2 aromatic carbocycles. The maximum absolute atomic E-state index is 14.2. The number of halogens is 1. The molecule has 34 heavy (non-hydrogen) atoms. The summed E-state index contributed by atoms with van der Waals surface area (Å²) >= 11 is 0. The second-order valence-electron chi connectivity index (χ2n) is 8.02. The van der Waals surface area contributed by atoms with Crippen molar-refractivity contribution in [2.45, 2.75) is 24.2 Å². The minimum Gasteiger partial charge on any atom is -0.496 e. The van der Waals surface area contributed by atoms with Gasteiger partial charge in [0, 0.05) is 30.0 Å². The highest BCUT2D eigenvalue weighted by Crippen LogP contribution is 2.39. The smallest absolute Gasteiger partial charge is 0.269 e. The number of hydrogen-bond donors (Lipinski definition) is 0. The van der Waals surface area contributed by atoms with E-state index in [0.29, 0.717) is 40.8 Å². The van der Waals surface area contributed by atoms with Crippen LogP contribution in [-0.4, -0.2) is 30.3 Å². The van der Waals surface area contributed by atoms with Crippen LogP contribution in [0.5, 0.6) is 5.75 Å². The highest BCUT2D eigenvalue weighted by molar-refractivity contribution is 7.90. The van der Waals surface area contributed by atoms with E-state index in [4.69, 9.17) is 4.74 Å². The lowest BCUT2D eigenvalue weighted by atomic mass is 9.96. The molecule has 0 saturated heterocycles. The van der Waals surface area contributed by atoms with Gasteiger partial charge in [0.1, 0.15) is 17.3 Å². The monoisotopic (exact) mass is 476 g/mol. The van der Waals surface area contributed by atoms with E-state index in [-0.39, 0.29) is 22.7 Å². The van der Waals surface area contributed by atoms with Crippen LogP contribution in [0, 0.1) is 5.82 Å². The molecule has 2 heterocycles. The van der Waals surface area contributed by atoms with Gasteiger partial charge in [0.15, 0.2) is 5.65 Å². The number of rotatable bonds is 5. The summed E-state index contributed by atoms with van der Waals surface area (Å²) in [6, 6.07) is 15.8. The van der Waals surface area contributed by atoms with Crippen molar-refractivity contribution >= 4 is 32.4 Å². The lowest BCUT2D eigenvalue weighted by Crippen LogP contribution is -2.17. The van der Waals surface area contributed by atoms with Gasteiger partial charge < -0.3 is 4.74 Å². The van der Waals surface area contributed by atoms with Crippen LogP contribution in [0.2, 0.25) is 0 Å². The van der Waals surface area contributed by atoms with Crippen molar-refractivity contribution in [2.24, 2.45) is 0 Å². The Morgan fingerprint density at radius 2 is 1.79 bits per heavy atom. The number of ketones is 1. The molecule has 4 aromatic rings. The van der Waals surface area contributed by atoms with Crippen molar-refractivity contribution in [1.82, 2.24) is 8.96 Å². The molecular formula is C26H21FN2O4S. The lowest BCUT2D eigenvalue weighted by molar-refractivity contribution is -0.118. The first-order valence-corrected chi connectivity index (χ1v) is 12.2. The Morgan fingerprint density at radius 3 is 2.50 bits per heavy atom. The number of nitrogens with zero attached hydrogens (tertiary/aromatic N) is 2. The number of benzene rings is 2. The van der Waals surface area contributed by atoms with Crippen LogP contribution in [0.15, 0.2) is 77.8 Å². The Balaban J connectivity index is 1.84. The minimum atomic E-state index is -4.02. The van der Waals surface area contributed by atoms with Gasteiger partial charge in [0.05, 0.1) is 17.7 Å². The third-order valence-corrected chi connectivity index (χ3v) is 7.69. The second-order valence-corrected chi connectivity index (χ2v) is 9.81. The van der Waals surface area contributed by atoms with Crippen LogP contribution in [0.25, 0.3) is 27.7 Å². The molecule has 6 nitrogen and oxygen atoms in total. The summed E-state index contributed by atoms with van der Waals surface area (Å²) in [7, 11) is -2.52. The molecule has 0 unspecified atom stereocenters. The molecule has 0 radical (unpaired) electrons. The molecule has 5 rings (SSSR count). The Bertz CT molecular complexity index is 1560. The Morgan fingerprint density at radius 1 is 1.00 bits per heavy atom. The number of aromatic nitrogens is 2. The van der Waals surface area contributed by atoms with Crippen LogP contribution < -0.4 is 4.74 Å². The predicted molar refractivity (Wildman–Crippen MR) is 128 cm³/mol. The number of methoxy groups -OCH3 is 1. The molecule has 0 fully saturated rings. The Labute approximate surface area is 196 Å². The van der Waals surface area contributed by atoms with Crippen molar-refractivity contribution in [3.63, 3.8) is 0 Å². The van der Waals surface area contributed by atoms with Crippen LogP contribution in [0.1, 0.15) is 25.0 Å². The zero-order valence-corrected chi connectivity index (χ0v) is 19.2. The molecule has 0 spiro atoms. The highest BCUT2D eigenvalue weighted by Gasteiger charge is 2.28. The van der Waals surface area contributed by atoms with E-state index in [2.05, 4.69) is 4.98 Å². The van der Waals surface area contributed by atoms with Gasteiger partial charge in [-0.25, -0.2) is 21.8 Å². The number of Topliss-reactive ketones (excluding diaryl/α,β-unsaturated/α-hetero) is 1. The Hall–Kier alpha value is -3.78. The molecule has 0 atom stereocenters. The lowest BCUT2D eigenvalue weighted by Gasteiger charge is -2.16. The zero-order valence-electron chi connectivity index (χ0n) is 18.4. The van der Waals surface area contributed by atoms with Gasteiger partial charge in [-0.05, 0) is 60.0 Å². The number of carbonyl (C=O) groups is 1. The standard InChI is InChI=1S/C26H21FN2O4S/c1-33-25-12-9-18(27)15-22(25)21-13-14-28-26-23(21)16-24(17-7-10-19(30)11-8-17)29(26)34(31,32)20-5-3-2-4-6-20/h2-7,9,12-16H,8,10-11H2,1H3. The molecule has 0 N–H and O–H groups in total. The highest BCUT2D eigenvalue weighted by atomic mass is 32.2. The normalized spacial score (nSPS) is 14.3. The van der Waals surface area contributed by atoms with Crippen LogP contribution >= 0.6 is 0 Å². The van der Waals surface area contributed by atoms with E-state index in [9.17, 15) is 17.6 Å². The van der Waals surface area contributed by atoms with E-state index in [1.54, 1.807) is 36.4 Å². The Kier molecular flexibility index (Phi) is 5.53. The molecule has 8 heteroatoms. The molecule has 2 aromatic heterocycles. The molecule has 0 bridgehead atoms. The van der Waals surface area contributed by atoms with Gasteiger partial charge >= 0.3 is 0 Å². The fourth-order valence-corrected chi connectivity index (χ4v) is 5.83. The minimum absolute atomic E-state index is 0.112. The SMILES string of the molecule is COc1ccc(F)cc1-c1ccnc2c1cc(C1=CCC(=O)CC1)n2S(=O)(=O)c1ccccc1. The number of pyridine rings is 1. The second kappa shape index (κ2) is 8.53. The molecule has 0 amide bonds. The first-order chi connectivity index (χ1) is 16.4. The summed E-state index contributed by atoms with van der Waals surface area (Å²) in [5, 5.41) is 0.540. The molecule has 1 aliphatic rings. The summed E-state index contributed by atoms with van der Waals surface area (Å²) in [5.41, 5.74) is 2.51. The van der Waals surface area contributed by atoms with Crippen molar-refractivity contribution in [1.29, 1.82) is 0 Å². The molecule has 0 saturated carbocycles. The number of carbonyl (C=O) groups excluding carboxylic acids is 1. The van der Waals surface area contributed by atoms with E-state index >= 15 is 0 Å². The van der Waals surface area contributed by atoms with Crippen LogP contribution in [-0.2, 0) is 14.8 Å². The molecule has 0 aliphatic heterocycles. The van der Waals surface area contributed by atoms with E-state index in [1.165, 1.54) is 47.6 Å². The summed E-state index contributed by atoms with van der Waals surface area (Å²) in [5.74, 6) is 0.128. The fraction of sp³-hybridized carbons (Fsp3) is 0.154. The van der Waals surface area contributed by atoms with Gasteiger partial charge in [-0.1, -0.05) is 24.3 Å². The quantitative estimate of drug-likeness (QED) is 0.394. The third kappa shape index (κ3) is 3.70. The summed E-state index contributed by atoms with van der Waals surface area (Å²) < 4.78 is 48.5. The molecule has 172 valence electrons. The third-order valence-electron chi connectivity index (χ3n) is 5.97. The van der Waals surface area contributed by atoms with Crippen molar-refractivity contribution in [3.05, 3.63) is 84.4 Å². The van der Waals surface area contributed by atoms with E-state index in [0.717, 1.165) is 5.57 Å². The molecule has 1 aliphatic carbocycles. The van der Waals surface area contributed by atoms with Gasteiger partial charge in [-0.15, -0.1) is 0 Å². The maximum Gasteiger partial charge on any atom is 0.269 e. The van der Waals surface area contributed by atoms with Gasteiger partial charge in [0.25, 0.3) is 10.0 Å². The maximum atomic E-state index is 14.2. The van der Waals surface area contributed by atoms with Crippen molar-refractivity contribution < 1.29 is 22.3 Å². The van der Waals surface area contributed by atoms with E-state index in [1.807, 2.05) is 0 Å². The van der Waals surface area contributed by atoms with Gasteiger partial charge in [-0.2, -0.15) is 0 Å². The number of ether oxygens (including phenoxy) is 1. The van der Waals surface area contributed by atoms with Crippen LogP contribution in [0.4, 0.5) is 4.39 Å². The van der Waals surface area contributed by atoms with Gasteiger partial charge in [-0.3, -0.25) is 4.79 Å². The van der Waals surface area contributed by atoms with Crippen molar-refractivity contribution in [2.75, 3.05) is 7.11 Å². The summed E-state index contributed by atoms with van der Waals surface area (Å²) in [4.78, 5) is 16.4. The number of hydrogen-bond acceptors (Lipinski definition) is 5. The number of allylic oxidation sites excluding steroid dienone is 2. The summed E-state index contributed by atoms with van der Waals surface area (Å²) in [6.07, 6.45) is 4.30. The topological polar surface area (TPSA) is 78.3 Å². The zero-order chi connectivity index (χ0) is 23.9. The molecular weight excluding hydrogens is 455 g/mol. The first-order valence-electron chi connectivity index (χ1n) is 10.8. The largest absolute Gasteiger partial charge is 0.496 e. The summed E-state index contributed by atoms with van der Waals surface area (Å²) in [6.45, 7) is 0. The van der Waals surface area contributed by atoms with E-state index < -0.39 is 15.8 Å². The predicted octanol–water partition coefficient (Wildman–Crippen LogP) is 5.22. The average molecular weight is 477 g/mol. The fourth-order valence-electron chi connectivity index (χ4n) is 4.31. The van der Waals surface area contributed by atoms with Crippen molar-refractivity contribution in [3.8, 4) is 16.9 Å².